The van der Waals surface area contributed by atoms with Gasteiger partial charge in [-0.15, -0.1) is 0 Å². The van der Waals surface area contributed by atoms with E-state index in [1.165, 1.54) is 12.1 Å². The Hall–Kier alpha value is -3.15. The van der Waals surface area contributed by atoms with Gasteiger partial charge in [0.2, 0.25) is 0 Å². The summed E-state index contributed by atoms with van der Waals surface area (Å²) < 4.78 is 57.8. The van der Waals surface area contributed by atoms with Gasteiger partial charge >= 0.3 is 5.97 Å². The second kappa shape index (κ2) is 6.76. The number of rotatable bonds is 3. The van der Waals surface area contributed by atoms with Gasteiger partial charge in [-0.1, -0.05) is 42.5 Å². The number of carbonyl (C=O) groups excluding carboxylic acids is 1. The molecule has 126 valence electrons. The number of ether oxygens (including phenoxy) is 1. The van der Waals surface area contributed by atoms with Crippen molar-refractivity contribution in [2.45, 2.75) is 0 Å². The van der Waals surface area contributed by atoms with Gasteiger partial charge in [-0.25, -0.2) is 22.4 Å². The van der Waals surface area contributed by atoms with Crippen LogP contribution in [0.5, 0.6) is 5.75 Å². The van der Waals surface area contributed by atoms with Crippen LogP contribution in [-0.4, -0.2) is 5.97 Å². The topological polar surface area (TPSA) is 26.3 Å². The maximum absolute atomic E-state index is 13.6. The molecule has 0 aromatic heterocycles. The van der Waals surface area contributed by atoms with Crippen LogP contribution in [0.15, 0.2) is 60.7 Å². The monoisotopic (exact) mass is 346 g/mol. The van der Waals surface area contributed by atoms with E-state index in [2.05, 4.69) is 0 Å². The van der Waals surface area contributed by atoms with E-state index in [9.17, 15) is 22.4 Å². The summed E-state index contributed by atoms with van der Waals surface area (Å²) in [5.74, 6) is -8.81. The molecule has 0 N–H and O–H groups in total. The van der Waals surface area contributed by atoms with Crippen molar-refractivity contribution < 1.29 is 27.1 Å². The van der Waals surface area contributed by atoms with Crippen molar-refractivity contribution in [1.82, 2.24) is 0 Å². The van der Waals surface area contributed by atoms with E-state index in [-0.39, 0.29) is 11.8 Å². The standard InChI is InChI=1S/C19H10F4O2/c20-15-10-14(16(21)18(23)17(15)22)19(24)25-13-8-6-12(7-9-13)11-4-2-1-3-5-11/h1-10H. The lowest BCUT2D eigenvalue weighted by Gasteiger charge is -2.08. The molecule has 6 heteroatoms. The highest BCUT2D eigenvalue weighted by molar-refractivity contribution is 5.91. The molecular weight excluding hydrogens is 336 g/mol. The molecule has 0 heterocycles. The molecule has 0 spiro atoms. The molecule has 0 unspecified atom stereocenters. The van der Waals surface area contributed by atoms with Crippen molar-refractivity contribution in [1.29, 1.82) is 0 Å². The molecule has 0 saturated carbocycles. The zero-order valence-electron chi connectivity index (χ0n) is 12.6. The second-order valence-electron chi connectivity index (χ2n) is 5.13. The first kappa shape index (κ1) is 16.7. The molecule has 0 amide bonds. The van der Waals surface area contributed by atoms with Crippen LogP contribution in [0.2, 0.25) is 0 Å². The zero-order chi connectivity index (χ0) is 18.0. The van der Waals surface area contributed by atoms with E-state index >= 15 is 0 Å². The first-order chi connectivity index (χ1) is 12.0. The summed E-state index contributed by atoms with van der Waals surface area (Å²) in [5.41, 5.74) is 0.767. The van der Waals surface area contributed by atoms with Crippen molar-refractivity contribution >= 4 is 5.97 Å². The minimum atomic E-state index is -2.06. The average Bonchev–Trinajstić information content (AvgIpc) is 2.64. The highest BCUT2D eigenvalue weighted by atomic mass is 19.2. The second-order valence-corrected chi connectivity index (χ2v) is 5.13. The summed E-state index contributed by atoms with van der Waals surface area (Å²) >= 11 is 0. The van der Waals surface area contributed by atoms with Gasteiger partial charge in [0.05, 0.1) is 0 Å². The predicted octanol–water partition coefficient (Wildman–Crippen LogP) is 5.13. The fourth-order valence-corrected chi connectivity index (χ4v) is 2.23. The number of esters is 1. The molecule has 0 fully saturated rings. The smallest absolute Gasteiger partial charge is 0.346 e. The van der Waals surface area contributed by atoms with Crippen LogP contribution in [0, 0.1) is 23.3 Å². The fourth-order valence-electron chi connectivity index (χ4n) is 2.23. The fraction of sp³-hybridized carbons (Fsp3) is 0. The first-order valence-corrected chi connectivity index (χ1v) is 7.18. The molecule has 0 atom stereocenters. The summed E-state index contributed by atoms with van der Waals surface area (Å²) in [6, 6.07) is 15.9. The summed E-state index contributed by atoms with van der Waals surface area (Å²) in [4.78, 5) is 11.9. The normalized spacial score (nSPS) is 10.6. The van der Waals surface area contributed by atoms with E-state index in [0.29, 0.717) is 0 Å². The summed E-state index contributed by atoms with van der Waals surface area (Å²) in [5, 5.41) is 0. The van der Waals surface area contributed by atoms with Crippen LogP contribution >= 0.6 is 0 Å². The average molecular weight is 346 g/mol. The lowest BCUT2D eigenvalue weighted by molar-refractivity contribution is 0.0727. The summed E-state index contributed by atoms with van der Waals surface area (Å²) in [6.45, 7) is 0. The molecule has 0 bridgehead atoms. The largest absolute Gasteiger partial charge is 0.423 e. The Kier molecular flexibility index (Phi) is 4.52. The lowest BCUT2D eigenvalue weighted by atomic mass is 10.1. The molecule has 3 aromatic rings. The molecule has 0 aliphatic carbocycles. The van der Waals surface area contributed by atoms with Crippen molar-refractivity contribution in [3.63, 3.8) is 0 Å². The van der Waals surface area contributed by atoms with Gasteiger partial charge in [0.15, 0.2) is 23.3 Å². The van der Waals surface area contributed by atoms with Gasteiger partial charge in [0.25, 0.3) is 0 Å². The highest BCUT2D eigenvalue weighted by Gasteiger charge is 2.24. The number of carbonyl (C=O) groups is 1. The number of benzene rings is 3. The van der Waals surface area contributed by atoms with E-state index in [4.69, 9.17) is 4.74 Å². The van der Waals surface area contributed by atoms with Gasteiger partial charge in [0.1, 0.15) is 11.3 Å². The Morgan fingerprint density at radius 2 is 1.32 bits per heavy atom. The van der Waals surface area contributed by atoms with E-state index in [1.54, 1.807) is 12.1 Å². The quantitative estimate of drug-likeness (QED) is 0.216. The predicted molar refractivity (Wildman–Crippen MR) is 83.1 cm³/mol. The van der Waals surface area contributed by atoms with Gasteiger partial charge in [-0.3, -0.25) is 0 Å². The number of hydrogen-bond acceptors (Lipinski definition) is 2. The minimum absolute atomic E-state index is 0.0502. The Morgan fingerprint density at radius 1 is 0.720 bits per heavy atom. The summed E-state index contributed by atoms with van der Waals surface area (Å²) in [7, 11) is 0. The molecule has 2 nitrogen and oxygen atoms in total. The van der Waals surface area contributed by atoms with Gasteiger partial charge in [-0.2, -0.15) is 0 Å². The summed E-state index contributed by atoms with van der Waals surface area (Å²) in [6.07, 6.45) is 0. The Bertz CT molecular complexity index is 922. The SMILES string of the molecule is O=C(Oc1ccc(-c2ccccc2)cc1)c1cc(F)c(F)c(F)c1F. The minimum Gasteiger partial charge on any atom is -0.423 e. The molecular formula is C19H10F4O2. The van der Waals surface area contributed by atoms with Crippen LogP contribution in [0.25, 0.3) is 11.1 Å². The van der Waals surface area contributed by atoms with Crippen molar-refractivity contribution in [3.8, 4) is 16.9 Å². The van der Waals surface area contributed by atoms with Crippen LogP contribution in [0.4, 0.5) is 17.6 Å². The van der Waals surface area contributed by atoms with E-state index < -0.39 is 34.8 Å². The zero-order valence-corrected chi connectivity index (χ0v) is 12.6. The third kappa shape index (κ3) is 3.38. The maximum Gasteiger partial charge on any atom is 0.346 e. The van der Waals surface area contributed by atoms with Gasteiger partial charge in [0, 0.05) is 0 Å². The number of halogens is 4. The van der Waals surface area contributed by atoms with Crippen LogP contribution in [0.3, 0.4) is 0 Å². The molecule has 3 rings (SSSR count). The third-order valence-electron chi connectivity index (χ3n) is 3.49. The highest BCUT2D eigenvalue weighted by Crippen LogP contribution is 2.24. The number of hydrogen-bond donors (Lipinski definition) is 0. The van der Waals surface area contributed by atoms with Crippen molar-refractivity contribution in [2.75, 3.05) is 0 Å². The van der Waals surface area contributed by atoms with E-state index in [1.807, 2.05) is 30.3 Å². The lowest BCUT2D eigenvalue weighted by Crippen LogP contribution is -2.13. The Labute approximate surface area is 140 Å². The van der Waals surface area contributed by atoms with Crippen molar-refractivity contribution in [3.05, 3.63) is 89.5 Å². The van der Waals surface area contributed by atoms with E-state index in [0.717, 1.165) is 11.1 Å². The molecule has 25 heavy (non-hydrogen) atoms. The molecule has 0 aliphatic heterocycles. The Morgan fingerprint density at radius 3 is 1.96 bits per heavy atom. The van der Waals surface area contributed by atoms with Crippen LogP contribution in [0.1, 0.15) is 10.4 Å². The molecule has 0 saturated heterocycles. The van der Waals surface area contributed by atoms with Crippen molar-refractivity contribution in [2.24, 2.45) is 0 Å². The molecule has 0 radical (unpaired) electrons. The molecule has 0 aliphatic rings. The first-order valence-electron chi connectivity index (χ1n) is 7.18. The van der Waals surface area contributed by atoms with Crippen LogP contribution < -0.4 is 4.74 Å². The Balaban J connectivity index is 1.82. The molecule has 3 aromatic carbocycles. The van der Waals surface area contributed by atoms with Gasteiger partial charge < -0.3 is 4.74 Å². The van der Waals surface area contributed by atoms with Gasteiger partial charge in [-0.05, 0) is 29.3 Å². The maximum atomic E-state index is 13.6. The third-order valence-corrected chi connectivity index (χ3v) is 3.49. The van der Waals surface area contributed by atoms with Crippen LogP contribution in [-0.2, 0) is 0 Å².